The number of para-hydroxylation sites is 1. The first-order chi connectivity index (χ1) is 13.0. The Morgan fingerprint density at radius 1 is 1.11 bits per heavy atom. The number of nitrogens with one attached hydrogen (secondary N) is 3. The van der Waals surface area contributed by atoms with E-state index < -0.39 is 10.0 Å². The Morgan fingerprint density at radius 3 is 2.74 bits per heavy atom. The summed E-state index contributed by atoms with van der Waals surface area (Å²) >= 11 is 0. The number of carbonyl (C=O) groups is 1. The molecule has 1 aliphatic carbocycles. The maximum atomic E-state index is 12.8. The first-order valence-electron chi connectivity index (χ1n) is 8.96. The van der Waals surface area contributed by atoms with Crippen molar-refractivity contribution in [2.24, 2.45) is 0 Å². The van der Waals surface area contributed by atoms with Gasteiger partial charge in [-0.3, -0.25) is 4.79 Å². The Bertz CT molecular complexity index is 1180. The van der Waals surface area contributed by atoms with Crippen molar-refractivity contribution in [1.82, 2.24) is 9.71 Å². The van der Waals surface area contributed by atoms with E-state index in [1.54, 1.807) is 12.1 Å². The number of anilines is 1. The van der Waals surface area contributed by atoms with Gasteiger partial charge < -0.3 is 10.3 Å². The van der Waals surface area contributed by atoms with E-state index in [9.17, 15) is 13.2 Å². The van der Waals surface area contributed by atoms with Gasteiger partial charge in [-0.25, -0.2) is 13.1 Å². The van der Waals surface area contributed by atoms with E-state index in [-0.39, 0.29) is 22.6 Å². The van der Waals surface area contributed by atoms with Gasteiger partial charge in [-0.1, -0.05) is 18.2 Å². The van der Waals surface area contributed by atoms with Crippen molar-refractivity contribution >= 4 is 32.5 Å². The summed E-state index contributed by atoms with van der Waals surface area (Å²) in [5.41, 5.74) is 3.50. The molecule has 138 valence electrons. The molecular formula is C20H19N3O3S. The third-order valence-corrected chi connectivity index (χ3v) is 7.03. The molecule has 1 aromatic heterocycles. The van der Waals surface area contributed by atoms with Crippen molar-refractivity contribution in [3.05, 3.63) is 59.8 Å². The Labute approximate surface area is 157 Å². The fourth-order valence-electron chi connectivity index (χ4n) is 3.89. The molecule has 2 heterocycles. The number of hydrogen-bond acceptors (Lipinski definition) is 3. The minimum Gasteiger partial charge on any atom is -0.361 e. The number of sulfonamides is 1. The van der Waals surface area contributed by atoms with Crippen molar-refractivity contribution < 1.29 is 13.2 Å². The predicted molar refractivity (Wildman–Crippen MR) is 103 cm³/mol. The monoisotopic (exact) mass is 381 g/mol. The van der Waals surface area contributed by atoms with Gasteiger partial charge in [0.1, 0.15) is 0 Å². The molecule has 1 fully saturated rings. The molecule has 0 unspecified atom stereocenters. The number of aromatic nitrogens is 1. The number of amides is 1. The smallest absolute Gasteiger partial charge is 0.240 e. The van der Waals surface area contributed by atoms with Crippen LogP contribution in [0.3, 0.4) is 0 Å². The van der Waals surface area contributed by atoms with Crippen LogP contribution in [0, 0.1) is 0 Å². The lowest BCUT2D eigenvalue weighted by Gasteiger charge is -2.16. The van der Waals surface area contributed by atoms with Gasteiger partial charge in [0, 0.05) is 34.7 Å². The lowest BCUT2D eigenvalue weighted by molar-refractivity contribution is -0.115. The summed E-state index contributed by atoms with van der Waals surface area (Å²) in [7, 11) is -3.64. The molecule has 1 saturated carbocycles. The molecule has 0 bridgehead atoms. The predicted octanol–water partition coefficient (Wildman–Crippen LogP) is 2.67. The average Bonchev–Trinajstić information content (AvgIpc) is 3.15. The Balaban J connectivity index is 1.39. The van der Waals surface area contributed by atoms with Crippen LogP contribution >= 0.6 is 0 Å². The zero-order valence-electron chi connectivity index (χ0n) is 14.6. The van der Waals surface area contributed by atoms with Crippen LogP contribution in [0.15, 0.2) is 53.6 Å². The first-order valence-corrected chi connectivity index (χ1v) is 10.4. The van der Waals surface area contributed by atoms with Crippen LogP contribution in [0.4, 0.5) is 5.69 Å². The number of benzene rings is 2. The SMILES string of the molecule is O=C1Cc2cc(S(=O)(=O)NCC3(c4c[nH]c5ccccc45)CC3)ccc2N1. The summed E-state index contributed by atoms with van der Waals surface area (Å²) in [5, 5.41) is 3.87. The fourth-order valence-corrected chi connectivity index (χ4v) is 5.07. The normalized spacial score (nSPS) is 17.7. The van der Waals surface area contributed by atoms with Crippen LogP contribution in [0.25, 0.3) is 10.9 Å². The van der Waals surface area contributed by atoms with Crippen LogP contribution in [0.1, 0.15) is 24.0 Å². The van der Waals surface area contributed by atoms with Crippen molar-refractivity contribution in [1.29, 1.82) is 0 Å². The van der Waals surface area contributed by atoms with Gasteiger partial charge in [0.15, 0.2) is 0 Å². The standard InChI is InChI=1S/C20H19N3O3S/c24-19-10-13-9-14(5-6-17(13)23-19)27(25,26)22-12-20(7-8-20)16-11-21-18-4-2-1-3-15(16)18/h1-6,9,11,21-22H,7-8,10,12H2,(H,23,24). The molecule has 2 aliphatic rings. The van der Waals surface area contributed by atoms with Crippen LogP contribution in [0.2, 0.25) is 0 Å². The van der Waals surface area contributed by atoms with E-state index in [1.807, 2.05) is 24.4 Å². The molecule has 0 saturated heterocycles. The number of aromatic amines is 1. The largest absolute Gasteiger partial charge is 0.361 e. The van der Waals surface area contributed by atoms with Gasteiger partial charge in [-0.15, -0.1) is 0 Å². The van der Waals surface area contributed by atoms with E-state index in [4.69, 9.17) is 0 Å². The van der Waals surface area contributed by atoms with Crippen LogP contribution in [0.5, 0.6) is 0 Å². The summed E-state index contributed by atoms with van der Waals surface area (Å²) in [6.07, 6.45) is 4.14. The van der Waals surface area contributed by atoms with E-state index in [2.05, 4.69) is 21.1 Å². The van der Waals surface area contributed by atoms with Gasteiger partial charge in [0.05, 0.1) is 11.3 Å². The average molecular weight is 381 g/mol. The second kappa shape index (κ2) is 5.68. The number of hydrogen-bond donors (Lipinski definition) is 3. The molecule has 0 atom stereocenters. The number of fused-ring (bicyclic) bond motifs is 2. The Morgan fingerprint density at radius 2 is 1.93 bits per heavy atom. The number of carbonyl (C=O) groups excluding carboxylic acids is 1. The highest BCUT2D eigenvalue weighted by molar-refractivity contribution is 7.89. The summed E-state index contributed by atoms with van der Waals surface area (Å²) in [4.78, 5) is 15.0. The van der Waals surface area contributed by atoms with Gasteiger partial charge in [-0.05, 0) is 48.2 Å². The van der Waals surface area contributed by atoms with Crippen LogP contribution < -0.4 is 10.0 Å². The number of H-pyrrole nitrogens is 1. The highest BCUT2D eigenvalue weighted by Gasteiger charge is 2.46. The van der Waals surface area contributed by atoms with Gasteiger partial charge in [0.2, 0.25) is 15.9 Å². The highest BCUT2D eigenvalue weighted by atomic mass is 32.2. The van der Waals surface area contributed by atoms with Crippen LogP contribution in [-0.2, 0) is 26.7 Å². The molecule has 3 N–H and O–H groups in total. The quantitative estimate of drug-likeness (QED) is 0.635. The van der Waals surface area contributed by atoms with E-state index in [0.717, 1.165) is 29.3 Å². The van der Waals surface area contributed by atoms with Gasteiger partial charge in [0.25, 0.3) is 0 Å². The highest BCUT2D eigenvalue weighted by Crippen LogP contribution is 2.50. The molecule has 27 heavy (non-hydrogen) atoms. The molecule has 2 aromatic carbocycles. The minimum absolute atomic E-state index is 0.108. The molecule has 0 spiro atoms. The van der Waals surface area contributed by atoms with E-state index in [0.29, 0.717) is 12.2 Å². The summed E-state index contributed by atoms with van der Waals surface area (Å²) < 4.78 is 28.4. The molecule has 3 aromatic rings. The topological polar surface area (TPSA) is 91.1 Å². The summed E-state index contributed by atoms with van der Waals surface area (Å²) in [5.74, 6) is -0.108. The zero-order chi connectivity index (χ0) is 18.6. The molecule has 0 radical (unpaired) electrons. The lowest BCUT2D eigenvalue weighted by Crippen LogP contribution is -2.32. The Kier molecular flexibility index (Phi) is 3.47. The van der Waals surface area contributed by atoms with E-state index in [1.165, 1.54) is 11.6 Å². The maximum absolute atomic E-state index is 12.8. The molecule has 7 heteroatoms. The van der Waals surface area contributed by atoms with Crippen molar-refractivity contribution in [2.75, 3.05) is 11.9 Å². The molecule has 1 aliphatic heterocycles. The zero-order valence-corrected chi connectivity index (χ0v) is 15.4. The Hall–Kier alpha value is -2.64. The second-order valence-corrected chi connectivity index (χ2v) is 9.16. The number of rotatable bonds is 5. The van der Waals surface area contributed by atoms with Gasteiger partial charge in [-0.2, -0.15) is 0 Å². The molecule has 6 nitrogen and oxygen atoms in total. The molecule has 5 rings (SSSR count). The van der Waals surface area contributed by atoms with Gasteiger partial charge >= 0.3 is 0 Å². The van der Waals surface area contributed by atoms with Crippen molar-refractivity contribution in [3.8, 4) is 0 Å². The van der Waals surface area contributed by atoms with E-state index >= 15 is 0 Å². The van der Waals surface area contributed by atoms with Crippen molar-refractivity contribution in [2.45, 2.75) is 29.6 Å². The third-order valence-electron chi connectivity index (χ3n) is 5.63. The van der Waals surface area contributed by atoms with Crippen molar-refractivity contribution in [3.63, 3.8) is 0 Å². The second-order valence-electron chi connectivity index (χ2n) is 7.40. The molecular weight excluding hydrogens is 362 g/mol. The lowest BCUT2D eigenvalue weighted by atomic mass is 9.96. The molecule has 1 amide bonds. The summed E-state index contributed by atoms with van der Waals surface area (Å²) in [6.45, 7) is 0.367. The fraction of sp³-hybridized carbons (Fsp3) is 0.250. The summed E-state index contributed by atoms with van der Waals surface area (Å²) in [6, 6.07) is 12.9. The maximum Gasteiger partial charge on any atom is 0.240 e. The first kappa shape index (κ1) is 16.5. The third kappa shape index (κ3) is 2.74. The van der Waals surface area contributed by atoms with Crippen LogP contribution in [-0.4, -0.2) is 25.9 Å². The minimum atomic E-state index is -3.64.